The van der Waals surface area contributed by atoms with Gasteiger partial charge in [-0.2, -0.15) is 0 Å². The Morgan fingerprint density at radius 2 is 1.95 bits per heavy atom. The normalized spacial score (nSPS) is 34.4. The summed E-state index contributed by atoms with van der Waals surface area (Å²) in [5.74, 6) is 0. The highest BCUT2D eigenvalue weighted by molar-refractivity contribution is 9.10. The topological polar surface area (TPSA) is 15.3 Å². The predicted molar refractivity (Wildman–Crippen MR) is 90.6 cm³/mol. The first-order valence-corrected chi connectivity index (χ1v) is 9.34. The van der Waals surface area contributed by atoms with Gasteiger partial charge in [0.25, 0.3) is 0 Å². The number of fused-ring (bicyclic) bond motifs is 3. The fourth-order valence-corrected chi connectivity index (χ4v) is 5.54. The molecule has 2 heterocycles. The van der Waals surface area contributed by atoms with E-state index in [2.05, 4.69) is 51.3 Å². The minimum Gasteiger partial charge on any atom is -0.311 e. The van der Waals surface area contributed by atoms with Crippen molar-refractivity contribution < 1.29 is 0 Å². The molecule has 4 rings (SSSR count). The number of rotatable bonds is 3. The maximum atomic E-state index is 3.78. The van der Waals surface area contributed by atoms with Crippen molar-refractivity contribution in [3.8, 4) is 0 Å². The minimum atomic E-state index is 0.644. The molecule has 3 aliphatic rings. The fourth-order valence-electron chi connectivity index (χ4n) is 4.96. The summed E-state index contributed by atoms with van der Waals surface area (Å²) in [5, 5.41) is 3.78. The summed E-state index contributed by atoms with van der Waals surface area (Å²) in [6, 6.07) is 9.76. The molecule has 0 saturated carbocycles. The third kappa shape index (κ3) is 2.47. The first-order chi connectivity index (χ1) is 10.3. The molecule has 0 amide bonds. The van der Waals surface area contributed by atoms with Crippen molar-refractivity contribution in [1.82, 2.24) is 10.2 Å². The maximum absolute atomic E-state index is 3.78. The van der Waals surface area contributed by atoms with E-state index in [1.54, 1.807) is 11.1 Å². The van der Waals surface area contributed by atoms with E-state index in [9.17, 15) is 0 Å². The molecular weight excluding hydrogens is 324 g/mol. The van der Waals surface area contributed by atoms with E-state index in [1.165, 1.54) is 49.5 Å². The lowest BCUT2D eigenvalue weighted by Gasteiger charge is -2.41. The lowest BCUT2D eigenvalue weighted by atomic mass is 9.95. The van der Waals surface area contributed by atoms with Crippen LogP contribution < -0.4 is 5.32 Å². The van der Waals surface area contributed by atoms with Crippen LogP contribution in [0.1, 0.15) is 56.2 Å². The number of halogens is 1. The number of hydrogen-bond donors (Lipinski definition) is 1. The van der Waals surface area contributed by atoms with Crippen molar-refractivity contribution >= 4 is 15.9 Å². The predicted octanol–water partition coefficient (Wildman–Crippen LogP) is 4.04. The molecule has 3 atom stereocenters. The van der Waals surface area contributed by atoms with E-state index in [1.807, 2.05) is 0 Å². The molecule has 3 unspecified atom stereocenters. The molecule has 3 heteroatoms. The molecule has 21 heavy (non-hydrogen) atoms. The van der Waals surface area contributed by atoms with E-state index in [0.29, 0.717) is 6.04 Å². The third-order valence-electron chi connectivity index (χ3n) is 5.86. The van der Waals surface area contributed by atoms with Gasteiger partial charge in [0, 0.05) is 28.6 Å². The molecular formula is C18H25BrN2. The second kappa shape index (κ2) is 5.68. The SMILES string of the molecule is CCN(C1CC2CCC(C1)N2)C1CCc2c(Br)cccc21. The summed E-state index contributed by atoms with van der Waals surface area (Å²) in [6.07, 6.45) is 8.02. The minimum absolute atomic E-state index is 0.644. The van der Waals surface area contributed by atoms with Crippen LogP contribution in [0.15, 0.2) is 22.7 Å². The number of benzene rings is 1. The number of nitrogens with zero attached hydrogens (tertiary/aromatic N) is 1. The molecule has 2 nitrogen and oxygen atoms in total. The Morgan fingerprint density at radius 3 is 2.67 bits per heavy atom. The Labute approximate surface area is 136 Å². The first-order valence-electron chi connectivity index (χ1n) is 8.55. The van der Waals surface area contributed by atoms with Crippen molar-refractivity contribution in [3.05, 3.63) is 33.8 Å². The fraction of sp³-hybridized carbons (Fsp3) is 0.667. The lowest BCUT2D eigenvalue weighted by molar-refractivity contribution is 0.0995. The molecule has 1 aromatic rings. The molecule has 1 aliphatic carbocycles. The average molecular weight is 349 g/mol. The standard InChI is InChI=1S/C18H25BrN2/c1-2-21(14-10-12-6-7-13(11-14)20-12)18-9-8-15-16(18)4-3-5-17(15)19/h3-5,12-14,18,20H,2,6-11H2,1H3. The zero-order valence-electron chi connectivity index (χ0n) is 12.8. The summed E-state index contributed by atoms with van der Waals surface area (Å²) in [5.41, 5.74) is 3.13. The van der Waals surface area contributed by atoms with Crippen LogP contribution in [0.5, 0.6) is 0 Å². The molecule has 114 valence electrons. The van der Waals surface area contributed by atoms with Gasteiger partial charge in [-0.15, -0.1) is 0 Å². The monoisotopic (exact) mass is 348 g/mol. The molecule has 1 aromatic carbocycles. The molecule has 2 saturated heterocycles. The average Bonchev–Trinajstić information content (AvgIpc) is 3.05. The summed E-state index contributed by atoms with van der Waals surface area (Å²) in [7, 11) is 0. The Kier molecular flexibility index (Phi) is 3.85. The van der Waals surface area contributed by atoms with Crippen LogP contribution >= 0.6 is 15.9 Å². The Bertz CT molecular complexity index is 518. The molecule has 2 aliphatic heterocycles. The summed E-state index contributed by atoms with van der Waals surface area (Å²) >= 11 is 3.74. The Morgan fingerprint density at radius 1 is 1.19 bits per heavy atom. The van der Waals surface area contributed by atoms with Crippen molar-refractivity contribution in [3.63, 3.8) is 0 Å². The largest absolute Gasteiger partial charge is 0.311 e. The van der Waals surface area contributed by atoms with Gasteiger partial charge < -0.3 is 5.32 Å². The Hall–Kier alpha value is -0.380. The van der Waals surface area contributed by atoms with E-state index < -0.39 is 0 Å². The molecule has 2 bridgehead atoms. The second-order valence-electron chi connectivity index (χ2n) is 6.96. The van der Waals surface area contributed by atoms with Gasteiger partial charge in [0.2, 0.25) is 0 Å². The van der Waals surface area contributed by atoms with Crippen LogP contribution in [0.25, 0.3) is 0 Å². The summed E-state index contributed by atoms with van der Waals surface area (Å²) in [6.45, 7) is 3.53. The first kappa shape index (κ1) is 14.2. The quantitative estimate of drug-likeness (QED) is 0.886. The number of hydrogen-bond acceptors (Lipinski definition) is 2. The number of piperidine rings is 1. The van der Waals surface area contributed by atoms with E-state index >= 15 is 0 Å². The summed E-state index contributed by atoms with van der Waals surface area (Å²) in [4.78, 5) is 2.81. The van der Waals surface area contributed by atoms with Crippen LogP contribution in [0.4, 0.5) is 0 Å². The third-order valence-corrected chi connectivity index (χ3v) is 6.61. The molecule has 1 N–H and O–H groups in total. The van der Waals surface area contributed by atoms with Crippen LogP contribution in [0.2, 0.25) is 0 Å². The van der Waals surface area contributed by atoms with Crippen molar-refractivity contribution in [2.24, 2.45) is 0 Å². The maximum Gasteiger partial charge on any atom is 0.0357 e. The van der Waals surface area contributed by atoms with Crippen LogP contribution in [0.3, 0.4) is 0 Å². The molecule has 2 fully saturated rings. The van der Waals surface area contributed by atoms with Crippen LogP contribution in [0, 0.1) is 0 Å². The zero-order chi connectivity index (χ0) is 14.4. The van der Waals surface area contributed by atoms with E-state index in [0.717, 1.165) is 18.1 Å². The van der Waals surface area contributed by atoms with Crippen molar-refractivity contribution in [1.29, 1.82) is 0 Å². The Balaban J connectivity index is 1.59. The second-order valence-corrected chi connectivity index (χ2v) is 7.81. The molecule has 0 spiro atoms. The molecule has 0 aromatic heterocycles. The van der Waals surface area contributed by atoms with Crippen molar-refractivity contribution in [2.45, 2.75) is 69.6 Å². The van der Waals surface area contributed by atoms with Gasteiger partial charge in [0.15, 0.2) is 0 Å². The molecule has 0 radical (unpaired) electrons. The van der Waals surface area contributed by atoms with Gasteiger partial charge in [-0.25, -0.2) is 0 Å². The number of nitrogens with one attached hydrogen (secondary N) is 1. The van der Waals surface area contributed by atoms with Gasteiger partial charge in [0.05, 0.1) is 0 Å². The van der Waals surface area contributed by atoms with Gasteiger partial charge in [-0.1, -0.05) is 35.0 Å². The summed E-state index contributed by atoms with van der Waals surface area (Å²) < 4.78 is 1.31. The van der Waals surface area contributed by atoms with Gasteiger partial charge in [0.1, 0.15) is 0 Å². The highest BCUT2D eigenvalue weighted by Gasteiger charge is 2.39. The van der Waals surface area contributed by atoms with E-state index in [4.69, 9.17) is 0 Å². The van der Waals surface area contributed by atoms with Crippen LogP contribution in [-0.4, -0.2) is 29.6 Å². The van der Waals surface area contributed by atoms with Crippen LogP contribution in [-0.2, 0) is 6.42 Å². The smallest absolute Gasteiger partial charge is 0.0357 e. The highest BCUT2D eigenvalue weighted by Crippen LogP contribution is 2.42. The highest BCUT2D eigenvalue weighted by atomic mass is 79.9. The van der Waals surface area contributed by atoms with E-state index in [-0.39, 0.29) is 0 Å². The van der Waals surface area contributed by atoms with Crippen molar-refractivity contribution in [2.75, 3.05) is 6.54 Å². The van der Waals surface area contributed by atoms with Gasteiger partial charge >= 0.3 is 0 Å². The van der Waals surface area contributed by atoms with Gasteiger partial charge in [-0.3, -0.25) is 4.90 Å². The lowest BCUT2D eigenvalue weighted by Crippen LogP contribution is -2.49. The zero-order valence-corrected chi connectivity index (χ0v) is 14.4. The van der Waals surface area contributed by atoms with Gasteiger partial charge in [-0.05, 0) is 62.3 Å².